The number of benzene rings is 2. The minimum Gasteiger partial charge on any atom is -0.484 e. The number of amides is 1. The number of hydrogen-bond acceptors (Lipinski definition) is 4. The largest absolute Gasteiger partial charge is 0.484 e. The van der Waals surface area contributed by atoms with Gasteiger partial charge in [0.1, 0.15) is 5.75 Å². The first-order valence-electron chi connectivity index (χ1n) is 6.93. The molecule has 0 bridgehead atoms. The fourth-order valence-electron chi connectivity index (χ4n) is 2.31. The highest BCUT2D eigenvalue weighted by Crippen LogP contribution is 2.34. The van der Waals surface area contributed by atoms with Gasteiger partial charge in [-0.15, -0.1) is 11.8 Å². The molecule has 0 aromatic heterocycles. The minimum atomic E-state index is -0.0740. The van der Waals surface area contributed by atoms with E-state index in [4.69, 9.17) is 10.00 Å². The molecule has 0 fully saturated rings. The van der Waals surface area contributed by atoms with E-state index in [9.17, 15) is 4.79 Å². The van der Waals surface area contributed by atoms with E-state index in [1.165, 1.54) is 0 Å². The SMILES string of the molecule is N#Cc1cccc(OCC(=O)N2CCSc3ccccc32)c1. The van der Waals surface area contributed by atoms with Crippen LogP contribution in [0.1, 0.15) is 5.56 Å². The zero-order chi connectivity index (χ0) is 15.4. The summed E-state index contributed by atoms with van der Waals surface area (Å²) in [6.07, 6.45) is 0. The first kappa shape index (κ1) is 14.5. The molecular formula is C17H14N2O2S. The van der Waals surface area contributed by atoms with Crippen LogP contribution in [0.15, 0.2) is 53.4 Å². The van der Waals surface area contributed by atoms with E-state index in [0.717, 1.165) is 16.3 Å². The van der Waals surface area contributed by atoms with Crippen molar-refractivity contribution >= 4 is 23.4 Å². The Hall–Kier alpha value is -2.45. The number of para-hydroxylation sites is 1. The van der Waals surface area contributed by atoms with Crippen LogP contribution in [-0.2, 0) is 4.79 Å². The molecule has 5 heteroatoms. The van der Waals surface area contributed by atoms with Crippen molar-refractivity contribution in [2.24, 2.45) is 0 Å². The Balaban J connectivity index is 1.69. The molecule has 1 heterocycles. The Labute approximate surface area is 133 Å². The third kappa shape index (κ3) is 3.07. The van der Waals surface area contributed by atoms with Crippen molar-refractivity contribution < 1.29 is 9.53 Å². The smallest absolute Gasteiger partial charge is 0.264 e. The molecule has 0 saturated carbocycles. The molecule has 4 nitrogen and oxygen atoms in total. The summed E-state index contributed by atoms with van der Waals surface area (Å²) in [5.41, 5.74) is 1.46. The predicted octanol–water partition coefficient (Wildman–Crippen LogP) is 3.08. The number of rotatable bonds is 3. The summed E-state index contributed by atoms with van der Waals surface area (Å²) in [6, 6.07) is 16.8. The first-order chi connectivity index (χ1) is 10.8. The molecule has 2 aromatic carbocycles. The van der Waals surface area contributed by atoms with Gasteiger partial charge in [-0.25, -0.2) is 0 Å². The van der Waals surface area contributed by atoms with Crippen LogP contribution in [0.4, 0.5) is 5.69 Å². The van der Waals surface area contributed by atoms with Crippen LogP contribution in [0.3, 0.4) is 0 Å². The molecule has 0 radical (unpaired) electrons. The average molecular weight is 310 g/mol. The normalized spacial score (nSPS) is 13.1. The van der Waals surface area contributed by atoms with Crippen molar-refractivity contribution in [1.82, 2.24) is 0 Å². The number of carbonyl (C=O) groups is 1. The zero-order valence-electron chi connectivity index (χ0n) is 11.9. The first-order valence-corrected chi connectivity index (χ1v) is 7.91. The fourth-order valence-corrected chi connectivity index (χ4v) is 3.30. The predicted molar refractivity (Wildman–Crippen MR) is 86.2 cm³/mol. The summed E-state index contributed by atoms with van der Waals surface area (Å²) in [5.74, 6) is 1.34. The average Bonchev–Trinajstić information content (AvgIpc) is 2.59. The summed E-state index contributed by atoms with van der Waals surface area (Å²) < 4.78 is 5.53. The summed E-state index contributed by atoms with van der Waals surface area (Å²) >= 11 is 1.76. The maximum atomic E-state index is 12.4. The molecular weight excluding hydrogens is 296 g/mol. The highest BCUT2D eigenvalue weighted by Gasteiger charge is 2.22. The van der Waals surface area contributed by atoms with Gasteiger partial charge in [-0.3, -0.25) is 4.79 Å². The standard InChI is InChI=1S/C17H14N2O2S/c18-11-13-4-3-5-14(10-13)21-12-17(20)19-8-9-22-16-7-2-1-6-15(16)19/h1-7,10H,8-9,12H2. The number of fused-ring (bicyclic) bond motifs is 1. The Morgan fingerprint density at radius 2 is 2.14 bits per heavy atom. The van der Waals surface area contributed by atoms with Gasteiger partial charge in [-0.05, 0) is 30.3 Å². The molecule has 110 valence electrons. The quantitative estimate of drug-likeness (QED) is 0.874. The van der Waals surface area contributed by atoms with Gasteiger partial charge in [0, 0.05) is 17.2 Å². The summed E-state index contributed by atoms with van der Waals surface area (Å²) in [7, 11) is 0. The van der Waals surface area contributed by atoms with Crippen molar-refractivity contribution in [2.45, 2.75) is 4.90 Å². The van der Waals surface area contributed by atoms with Crippen LogP contribution < -0.4 is 9.64 Å². The second-order valence-electron chi connectivity index (χ2n) is 4.79. The lowest BCUT2D eigenvalue weighted by Gasteiger charge is -2.28. The molecule has 2 aromatic rings. The van der Waals surface area contributed by atoms with E-state index < -0.39 is 0 Å². The van der Waals surface area contributed by atoms with E-state index in [1.54, 1.807) is 40.9 Å². The Morgan fingerprint density at radius 3 is 3.00 bits per heavy atom. The van der Waals surface area contributed by atoms with Gasteiger partial charge in [0.15, 0.2) is 6.61 Å². The third-order valence-electron chi connectivity index (χ3n) is 3.36. The number of anilines is 1. The molecule has 1 aliphatic rings. The number of nitriles is 1. The lowest BCUT2D eigenvalue weighted by molar-refractivity contribution is -0.120. The van der Waals surface area contributed by atoms with Gasteiger partial charge < -0.3 is 9.64 Å². The number of thioether (sulfide) groups is 1. The molecule has 0 atom stereocenters. The van der Waals surface area contributed by atoms with Crippen molar-refractivity contribution in [3.05, 3.63) is 54.1 Å². The summed E-state index contributed by atoms with van der Waals surface area (Å²) in [5, 5.41) is 8.87. The second kappa shape index (κ2) is 6.54. The van der Waals surface area contributed by atoms with E-state index in [2.05, 4.69) is 6.07 Å². The van der Waals surface area contributed by atoms with Gasteiger partial charge in [0.05, 0.1) is 17.3 Å². The summed E-state index contributed by atoms with van der Waals surface area (Å²) in [6.45, 7) is 0.649. The van der Waals surface area contributed by atoms with Crippen molar-refractivity contribution in [1.29, 1.82) is 5.26 Å². The van der Waals surface area contributed by atoms with Crippen LogP contribution in [-0.4, -0.2) is 24.8 Å². The van der Waals surface area contributed by atoms with E-state index in [1.807, 2.05) is 24.3 Å². The van der Waals surface area contributed by atoms with Crippen LogP contribution >= 0.6 is 11.8 Å². The van der Waals surface area contributed by atoms with Crippen molar-refractivity contribution in [3.63, 3.8) is 0 Å². The fraction of sp³-hybridized carbons (Fsp3) is 0.176. The monoisotopic (exact) mass is 310 g/mol. The molecule has 0 spiro atoms. The second-order valence-corrected chi connectivity index (χ2v) is 5.93. The number of ether oxygens (including phenoxy) is 1. The van der Waals surface area contributed by atoms with Crippen molar-refractivity contribution in [2.75, 3.05) is 23.8 Å². The van der Waals surface area contributed by atoms with E-state index in [-0.39, 0.29) is 12.5 Å². The topological polar surface area (TPSA) is 53.3 Å². The number of hydrogen-bond donors (Lipinski definition) is 0. The molecule has 0 N–H and O–H groups in total. The van der Waals surface area contributed by atoms with Crippen LogP contribution in [0.25, 0.3) is 0 Å². The zero-order valence-corrected chi connectivity index (χ0v) is 12.7. The maximum Gasteiger partial charge on any atom is 0.264 e. The van der Waals surface area contributed by atoms with Crippen LogP contribution in [0.2, 0.25) is 0 Å². The van der Waals surface area contributed by atoms with Gasteiger partial charge in [-0.1, -0.05) is 18.2 Å². The minimum absolute atomic E-state index is 0.0338. The third-order valence-corrected chi connectivity index (χ3v) is 4.40. The lowest BCUT2D eigenvalue weighted by Crippen LogP contribution is -2.38. The maximum absolute atomic E-state index is 12.4. The Bertz CT molecular complexity index is 739. The molecule has 22 heavy (non-hydrogen) atoms. The van der Waals surface area contributed by atoms with Crippen molar-refractivity contribution in [3.8, 4) is 11.8 Å². The molecule has 1 amide bonds. The van der Waals surface area contributed by atoms with Gasteiger partial charge in [0.2, 0.25) is 0 Å². The van der Waals surface area contributed by atoms with E-state index >= 15 is 0 Å². The number of carbonyl (C=O) groups excluding carboxylic acids is 1. The highest BCUT2D eigenvalue weighted by molar-refractivity contribution is 7.99. The highest BCUT2D eigenvalue weighted by atomic mass is 32.2. The van der Waals surface area contributed by atoms with Crippen LogP contribution in [0, 0.1) is 11.3 Å². The lowest BCUT2D eigenvalue weighted by atomic mass is 10.2. The molecule has 3 rings (SSSR count). The molecule has 0 saturated heterocycles. The van der Waals surface area contributed by atoms with Gasteiger partial charge in [-0.2, -0.15) is 5.26 Å². The Morgan fingerprint density at radius 1 is 1.27 bits per heavy atom. The summed E-state index contributed by atoms with van der Waals surface area (Å²) in [4.78, 5) is 15.3. The Kier molecular flexibility index (Phi) is 4.31. The molecule has 0 unspecified atom stereocenters. The van der Waals surface area contributed by atoms with Gasteiger partial charge >= 0.3 is 0 Å². The van der Waals surface area contributed by atoms with E-state index in [0.29, 0.717) is 17.9 Å². The number of nitrogens with zero attached hydrogens (tertiary/aromatic N) is 2. The van der Waals surface area contributed by atoms with Gasteiger partial charge in [0.25, 0.3) is 5.91 Å². The molecule has 0 aliphatic carbocycles. The van der Waals surface area contributed by atoms with Crippen LogP contribution in [0.5, 0.6) is 5.75 Å². The molecule has 1 aliphatic heterocycles.